The number of rotatable bonds is 22. The molecule has 1 saturated heterocycles. The second kappa shape index (κ2) is 23.2. The summed E-state index contributed by atoms with van der Waals surface area (Å²) in [6.45, 7) is 5.26. The lowest BCUT2D eigenvalue weighted by atomic mass is 9.84. The number of aromatic nitrogens is 4. The number of hydrogen-bond acceptors (Lipinski definition) is 10. The van der Waals surface area contributed by atoms with Gasteiger partial charge in [0.15, 0.2) is 5.96 Å². The quantitative estimate of drug-likeness (QED) is 0.0356. The fourth-order valence-corrected chi connectivity index (χ4v) is 8.34. The number of aromatic amines is 1. The summed E-state index contributed by atoms with van der Waals surface area (Å²) in [6.07, 6.45) is 10.4. The molecule has 7 amide bonds. The Morgan fingerprint density at radius 2 is 1.56 bits per heavy atom. The first kappa shape index (κ1) is 48.5. The van der Waals surface area contributed by atoms with Gasteiger partial charge in [-0.1, -0.05) is 62.4 Å². The molecular weight excluding hydrogens is 825 g/mol. The zero-order chi connectivity index (χ0) is 46.3. The molecule has 0 unspecified atom stereocenters. The van der Waals surface area contributed by atoms with E-state index in [1.807, 2.05) is 31.2 Å². The number of primary amides is 1. The minimum Gasteiger partial charge on any atom is -0.370 e. The van der Waals surface area contributed by atoms with Crippen molar-refractivity contribution in [2.24, 2.45) is 17.4 Å². The molecule has 2 fully saturated rings. The van der Waals surface area contributed by atoms with Crippen LogP contribution in [0, 0.1) is 11.3 Å². The third-order valence-corrected chi connectivity index (χ3v) is 11.9. The smallest absolute Gasteiger partial charge is 0.245 e. The fourth-order valence-electron chi connectivity index (χ4n) is 8.34. The molecule has 64 heavy (non-hydrogen) atoms. The van der Waals surface area contributed by atoms with Gasteiger partial charge in [0.2, 0.25) is 41.4 Å². The van der Waals surface area contributed by atoms with Crippen molar-refractivity contribution in [2.45, 2.75) is 141 Å². The number of carbonyl (C=O) groups is 7. The van der Waals surface area contributed by atoms with Crippen LogP contribution in [0.2, 0.25) is 0 Å². The number of carbonyl (C=O) groups excluding carboxylic acids is 7. The second-order valence-electron chi connectivity index (χ2n) is 16.8. The maximum atomic E-state index is 14.6. The van der Waals surface area contributed by atoms with Crippen molar-refractivity contribution in [2.75, 3.05) is 13.1 Å². The standard InChI is InChI=1S/C43H64N14O7/c1-4-29-23-56(55-54-29)24-36(58)49-26(3)42(64)57-19-11-17-35(57)41(63)53-33(20-27-12-6-5-7-13-27)39(61)52-34(21-28-22-48-31-15-9-8-14-30(28)31)40(62)51-32(16-10-18-47-43(45)46)38(60)50-25(2)37(44)59/h8-9,14-15,22-23,25-27,32-35,48H,4-7,10-13,16-21,24H2,1-3H3,(H2,44,59)(H,49,58)(H,50,60)(H,51,62)(H,52,61)(H,53,63)(H4,45,46,47)/t25-,26-,32-,33+,34-,35-/m0/s1. The van der Waals surface area contributed by atoms with Crippen LogP contribution < -0.4 is 43.4 Å². The molecule has 1 aliphatic heterocycles. The van der Waals surface area contributed by atoms with Gasteiger partial charge in [0, 0.05) is 42.8 Å². The molecule has 0 spiro atoms. The molecular formula is C43H64N14O7. The van der Waals surface area contributed by atoms with Gasteiger partial charge >= 0.3 is 0 Å². The van der Waals surface area contributed by atoms with Crippen LogP contribution in [0.4, 0.5) is 0 Å². The van der Waals surface area contributed by atoms with E-state index in [1.165, 1.54) is 16.5 Å². The number of nitrogens with two attached hydrogens (primary N) is 2. The molecule has 3 aromatic rings. The summed E-state index contributed by atoms with van der Waals surface area (Å²) < 4.78 is 1.39. The van der Waals surface area contributed by atoms with Crippen LogP contribution in [-0.4, -0.2) is 122 Å². The molecule has 2 aliphatic rings. The van der Waals surface area contributed by atoms with E-state index in [-0.39, 0.29) is 44.4 Å². The molecule has 6 atom stereocenters. The number of aryl methyl sites for hydroxylation is 1. The number of nitrogens with one attached hydrogen (secondary N) is 8. The van der Waals surface area contributed by atoms with Gasteiger partial charge in [-0.05, 0) is 69.9 Å². The van der Waals surface area contributed by atoms with E-state index >= 15 is 0 Å². The molecule has 1 saturated carbocycles. The summed E-state index contributed by atoms with van der Waals surface area (Å²) in [7, 11) is 0. The Morgan fingerprint density at radius 1 is 0.859 bits per heavy atom. The molecule has 12 N–H and O–H groups in total. The summed E-state index contributed by atoms with van der Waals surface area (Å²) in [6, 6.07) is 1.10. The highest BCUT2D eigenvalue weighted by Crippen LogP contribution is 2.28. The molecule has 348 valence electrons. The van der Waals surface area contributed by atoms with Crippen LogP contribution in [0.25, 0.3) is 10.9 Å². The molecule has 1 aromatic carbocycles. The van der Waals surface area contributed by atoms with Crippen molar-refractivity contribution in [1.82, 2.24) is 56.8 Å². The lowest BCUT2D eigenvalue weighted by molar-refractivity contribution is -0.142. The van der Waals surface area contributed by atoms with E-state index in [0.29, 0.717) is 37.7 Å². The molecule has 5 rings (SSSR count). The zero-order valence-corrected chi connectivity index (χ0v) is 36.9. The van der Waals surface area contributed by atoms with Gasteiger partial charge < -0.3 is 53.3 Å². The van der Waals surface area contributed by atoms with E-state index < -0.39 is 77.6 Å². The minimum absolute atomic E-state index is 0.00872. The Kier molecular flexibility index (Phi) is 17.6. The molecule has 2 aromatic heterocycles. The summed E-state index contributed by atoms with van der Waals surface area (Å²) in [5.41, 5.74) is 13.1. The third-order valence-electron chi connectivity index (χ3n) is 11.9. The SMILES string of the molecule is CCc1cn(CC(=O)N[C@@H](C)C(=O)N2CCC[C@H]2C(=O)N[C@H](CC2CCCCC2)C(=O)N[C@@H](Cc2c[nH]c3ccccc23)C(=O)N[C@@H](CCCNC(=N)N)C(=O)N[C@@H](C)C(N)=O)nn1. The number of amides is 7. The van der Waals surface area contributed by atoms with Crippen LogP contribution in [0.5, 0.6) is 0 Å². The number of hydrogen-bond donors (Lipinski definition) is 10. The number of fused-ring (bicyclic) bond motifs is 1. The average Bonchev–Trinajstić information content (AvgIpc) is 4.04. The van der Waals surface area contributed by atoms with E-state index in [9.17, 15) is 33.6 Å². The van der Waals surface area contributed by atoms with E-state index in [0.717, 1.165) is 48.7 Å². The first-order chi connectivity index (χ1) is 30.6. The van der Waals surface area contributed by atoms with Crippen molar-refractivity contribution in [3.05, 3.63) is 47.9 Å². The first-order valence-corrected chi connectivity index (χ1v) is 22.3. The Hall–Kier alpha value is -6.54. The maximum absolute atomic E-state index is 14.6. The van der Waals surface area contributed by atoms with Gasteiger partial charge in [-0.25, -0.2) is 4.68 Å². The van der Waals surface area contributed by atoms with Crippen molar-refractivity contribution >= 4 is 58.2 Å². The van der Waals surface area contributed by atoms with Crippen molar-refractivity contribution in [3.8, 4) is 0 Å². The predicted molar refractivity (Wildman–Crippen MR) is 237 cm³/mol. The number of para-hydroxylation sites is 1. The maximum Gasteiger partial charge on any atom is 0.245 e. The Bertz CT molecular complexity index is 2130. The zero-order valence-electron chi connectivity index (χ0n) is 36.9. The van der Waals surface area contributed by atoms with E-state index in [4.69, 9.17) is 16.9 Å². The fraction of sp³-hybridized carbons (Fsp3) is 0.581. The number of likely N-dealkylation sites (tertiary alicyclic amines) is 1. The molecule has 0 radical (unpaired) electrons. The largest absolute Gasteiger partial charge is 0.370 e. The van der Waals surface area contributed by atoms with Crippen LogP contribution in [0.1, 0.15) is 96.2 Å². The molecule has 3 heterocycles. The third kappa shape index (κ3) is 13.7. The lowest BCUT2D eigenvalue weighted by Crippen LogP contribution is -2.59. The van der Waals surface area contributed by atoms with Crippen molar-refractivity contribution in [3.63, 3.8) is 0 Å². The van der Waals surface area contributed by atoms with Gasteiger partial charge in [-0.2, -0.15) is 0 Å². The van der Waals surface area contributed by atoms with Crippen molar-refractivity contribution < 1.29 is 33.6 Å². The Labute approximate surface area is 372 Å². The highest BCUT2D eigenvalue weighted by atomic mass is 16.2. The van der Waals surface area contributed by atoms with E-state index in [1.54, 1.807) is 19.3 Å². The average molecular weight is 889 g/mol. The highest BCUT2D eigenvalue weighted by molar-refractivity contribution is 5.97. The molecule has 1 aliphatic carbocycles. The monoisotopic (exact) mass is 889 g/mol. The van der Waals surface area contributed by atoms with Crippen molar-refractivity contribution in [1.29, 1.82) is 5.41 Å². The van der Waals surface area contributed by atoms with Crippen LogP contribution in [-0.2, 0) is 52.9 Å². The molecule has 21 heteroatoms. The number of H-pyrrole nitrogens is 1. The Morgan fingerprint density at radius 3 is 2.27 bits per heavy atom. The van der Waals surface area contributed by atoms with Gasteiger partial charge in [0.25, 0.3) is 0 Å². The first-order valence-electron chi connectivity index (χ1n) is 22.3. The molecule has 21 nitrogen and oxygen atoms in total. The van der Waals surface area contributed by atoms with Crippen LogP contribution in [0.15, 0.2) is 36.7 Å². The predicted octanol–water partition coefficient (Wildman–Crippen LogP) is -0.262. The number of benzene rings is 1. The molecule has 0 bridgehead atoms. The van der Waals surface area contributed by atoms with Crippen LogP contribution in [0.3, 0.4) is 0 Å². The summed E-state index contributed by atoms with van der Waals surface area (Å²) in [4.78, 5) is 99.7. The second-order valence-corrected chi connectivity index (χ2v) is 16.8. The minimum atomic E-state index is -1.24. The number of nitrogens with zero attached hydrogens (tertiary/aromatic N) is 4. The van der Waals surface area contributed by atoms with E-state index in [2.05, 4.69) is 47.2 Å². The van der Waals surface area contributed by atoms with Gasteiger partial charge in [0.05, 0.1) is 5.69 Å². The van der Waals surface area contributed by atoms with Gasteiger partial charge in [-0.15, -0.1) is 5.10 Å². The summed E-state index contributed by atoms with van der Waals surface area (Å²) in [5, 5.41) is 32.7. The number of guanidine groups is 1. The summed E-state index contributed by atoms with van der Waals surface area (Å²) in [5.74, 6) is -4.30. The topological polar surface area (TPSA) is 317 Å². The van der Waals surface area contributed by atoms with Gasteiger partial charge in [-0.3, -0.25) is 39.0 Å². The Balaban J connectivity index is 1.35. The summed E-state index contributed by atoms with van der Waals surface area (Å²) >= 11 is 0. The normalized spacial score (nSPS) is 17.6. The van der Waals surface area contributed by atoms with Crippen LogP contribution >= 0.6 is 0 Å². The lowest BCUT2D eigenvalue weighted by Gasteiger charge is -2.31. The highest BCUT2D eigenvalue weighted by Gasteiger charge is 2.39. The van der Waals surface area contributed by atoms with Gasteiger partial charge in [0.1, 0.15) is 42.8 Å².